The summed E-state index contributed by atoms with van der Waals surface area (Å²) < 4.78 is 2.08. The van der Waals surface area contributed by atoms with Crippen molar-refractivity contribution in [1.82, 2.24) is 14.5 Å². The third kappa shape index (κ3) is 3.93. The van der Waals surface area contributed by atoms with Gasteiger partial charge < -0.3 is 9.67 Å². The Labute approximate surface area is 192 Å². The van der Waals surface area contributed by atoms with Crippen molar-refractivity contribution < 1.29 is 5.11 Å². The van der Waals surface area contributed by atoms with E-state index >= 15 is 0 Å². The van der Waals surface area contributed by atoms with Gasteiger partial charge in [0.2, 0.25) is 0 Å². The minimum atomic E-state index is 0.136. The number of phenolic OH excluding ortho intramolecular Hbond substituents is 1. The van der Waals surface area contributed by atoms with Gasteiger partial charge in [0, 0.05) is 61.6 Å². The van der Waals surface area contributed by atoms with Gasteiger partial charge in [0.05, 0.1) is 0 Å². The van der Waals surface area contributed by atoms with E-state index in [0.717, 1.165) is 54.5 Å². The van der Waals surface area contributed by atoms with Crippen LogP contribution in [0.1, 0.15) is 29.7 Å². The lowest BCUT2D eigenvalue weighted by molar-refractivity contribution is 0.239. The molecule has 0 atom stereocenters. The molecule has 1 aliphatic heterocycles. The summed E-state index contributed by atoms with van der Waals surface area (Å²) in [6, 6.07) is 17.7. The second-order valence-electron chi connectivity index (χ2n) is 9.42. The molecule has 1 N–H and O–H groups in total. The van der Waals surface area contributed by atoms with Gasteiger partial charge in [-0.3, -0.25) is 14.7 Å². The van der Waals surface area contributed by atoms with E-state index < -0.39 is 0 Å². The van der Waals surface area contributed by atoms with Gasteiger partial charge in [0.1, 0.15) is 5.75 Å². The van der Waals surface area contributed by atoms with E-state index in [0.29, 0.717) is 11.7 Å². The number of hydrogen-bond donors (Lipinski definition) is 1. The Morgan fingerprint density at radius 1 is 1.03 bits per heavy atom. The zero-order chi connectivity index (χ0) is 22.4. The van der Waals surface area contributed by atoms with Gasteiger partial charge in [-0.15, -0.1) is 0 Å². The average molecular weight is 438 g/mol. The van der Waals surface area contributed by atoms with E-state index in [9.17, 15) is 9.90 Å². The van der Waals surface area contributed by atoms with Crippen molar-refractivity contribution in [3.05, 3.63) is 94.2 Å². The summed E-state index contributed by atoms with van der Waals surface area (Å²) in [4.78, 5) is 20.4. The van der Waals surface area contributed by atoms with E-state index in [1.54, 1.807) is 18.3 Å². The number of hydrogen-bond acceptors (Lipinski definition) is 4. The maximum atomic E-state index is 13.8. The normalized spacial score (nSPS) is 16.1. The maximum Gasteiger partial charge on any atom is 0.258 e. The van der Waals surface area contributed by atoms with Gasteiger partial charge in [-0.2, -0.15) is 0 Å². The monoisotopic (exact) mass is 437 g/mol. The molecule has 6 rings (SSSR count). The Morgan fingerprint density at radius 3 is 2.70 bits per heavy atom. The topological polar surface area (TPSA) is 58.4 Å². The molecule has 0 saturated heterocycles. The van der Waals surface area contributed by atoms with Crippen LogP contribution in [-0.2, 0) is 26.1 Å². The molecule has 166 valence electrons. The van der Waals surface area contributed by atoms with E-state index in [2.05, 4.69) is 26.6 Å². The largest absolute Gasteiger partial charge is 0.508 e. The second kappa shape index (κ2) is 8.16. The van der Waals surface area contributed by atoms with Crippen LogP contribution in [0.4, 0.5) is 0 Å². The number of nitrogens with zero attached hydrogens (tertiary/aromatic N) is 3. The second-order valence-corrected chi connectivity index (χ2v) is 9.42. The molecule has 2 aromatic carbocycles. The fraction of sp³-hybridized carbons (Fsp3) is 0.286. The van der Waals surface area contributed by atoms with Crippen LogP contribution in [0.5, 0.6) is 5.75 Å². The summed E-state index contributed by atoms with van der Waals surface area (Å²) >= 11 is 0. The quantitative estimate of drug-likeness (QED) is 0.490. The van der Waals surface area contributed by atoms with Gasteiger partial charge in [-0.25, -0.2) is 0 Å². The van der Waals surface area contributed by atoms with Crippen LogP contribution in [0, 0.1) is 5.92 Å². The zero-order valence-corrected chi connectivity index (χ0v) is 18.6. The van der Waals surface area contributed by atoms with Crippen molar-refractivity contribution in [2.24, 2.45) is 5.92 Å². The van der Waals surface area contributed by atoms with Gasteiger partial charge in [-0.1, -0.05) is 30.3 Å². The van der Waals surface area contributed by atoms with Gasteiger partial charge in [0.25, 0.3) is 5.56 Å². The van der Waals surface area contributed by atoms with Gasteiger partial charge in [-0.05, 0) is 65.1 Å². The predicted octanol–water partition coefficient (Wildman–Crippen LogP) is 4.74. The highest BCUT2D eigenvalue weighted by molar-refractivity contribution is 5.96. The molecular formula is C28H27N3O2. The summed E-state index contributed by atoms with van der Waals surface area (Å²) in [5, 5.41) is 11.7. The molecule has 0 radical (unpaired) electrons. The van der Waals surface area contributed by atoms with Crippen molar-refractivity contribution >= 4 is 10.8 Å². The zero-order valence-electron chi connectivity index (χ0n) is 18.6. The molecule has 1 aliphatic carbocycles. The fourth-order valence-electron chi connectivity index (χ4n) is 5.07. The van der Waals surface area contributed by atoms with Crippen molar-refractivity contribution in [2.45, 2.75) is 38.9 Å². The first-order valence-electron chi connectivity index (χ1n) is 11.7. The summed E-state index contributed by atoms with van der Waals surface area (Å²) in [7, 11) is 0. The lowest BCUT2D eigenvalue weighted by Gasteiger charge is -2.31. The van der Waals surface area contributed by atoms with Crippen LogP contribution in [0.2, 0.25) is 0 Å². The number of benzene rings is 2. The smallest absolute Gasteiger partial charge is 0.258 e. The first-order valence-corrected chi connectivity index (χ1v) is 11.7. The van der Waals surface area contributed by atoms with Crippen molar-refractivity contribution in [3.8, 4) is 16.9 Å². The molecule has 33 heavy (non-hydrogen) atoms. The molecule has 5 nitrogen and oxygen atoms in total. The molecule has 2 aliphatic rings. The highest BCUT2D eigenvalue weighted by Gasteiger charge is 2.28. The molecular weight excluding hydrogens is 410 g/mol. The van der Waals surface area contributed by atoms with Crippen molar-refractivity contribution in [2.75, 3.05) is 6.54 Å². The Bertz CT molecular complexity index is 1380. The first kappa shape index (κ1) is 20.2. The maximum absolute atomic E-state index is 13.8. The molecule has 1 fully saturated rings. The summed E-state index contributed by atoms with van der Waals surface area (Å²) in [5.74, 6) is 0.926. The Morgan fingerprint density at radius 2 is 1.88 bits per heavy atom. The van der Waals surface area contributed by atoms with Crippen LogP contribution >= 0.6 is 0 Å². The van der Waals surface area contributed by atoms with E-state index in [-0.39, 0.29) is 5.56 Å². The summed E-state index contributed by atoms with van der Waals surface area (Å²) in [6.07, 6.45) is 6.98. The molecule has 2 aromatic heterocycles. The molecule has 0 unspecified atom stereocenters. The highest BCUT2D eigenvalue weighted by Crippen LogP contribution is 2.33. The van der Waals surface area contributed by atoms with Crippen LogP contribution in [0.25, 0.3) is 21.9 Å². The minimum absolute atomic E-state index is 0.136. The minimum Gasteiger partial charge on any atom is -0.508 e. The number of aromatic nitrogens is 2. The molecule has 5 heteroatoms. The van der Waals surface area contributed by atoms with E-state index in [1.807, 2.05) is 36.5 Å². The highest BCUT2D eigenvalue weighted by atomic mass is 16.3. The first-order chi connectivity index (χ1) is 16.2. The van der Waals surface area contributed by atoms with Crippen molar-refractivity contribution in [1.29, 1.82) is 0 Å². The van der Waals surface area contributed by atoms with E-state index in [1.165, 1.54) is 29.7 Å². The molecule has 0 bridgehead atoms. The third-order valence-electron chi connectivity index (χ3n) is 7.00. The lowest BCUT2D eigenvalue weighted by atomic mass is 9.96. The lowest BCUT2D eigenvalue weighted by Crippen LogP contribution is -2.36. The Balaban J connectivity index is 1.43. The standard InChI is InChI=1S/C28H27N3O2/c32-23-8-6-19(7-9-23)16-30-13-11-27-22(18-30)14-26(28(33)31(27)17-20-4-5-20)25-3-1-2-21-15-29-12-10-24(21)25/h1-3,6-10,12,14-15,20,32H,4-5,11,13,16-18H2. The summed E-state index contributed by atoms with van der Waals surface area (Å²) in [6.45, 7) is 3.41. The summed E-state index contributed by atoms with van der Waals surface area (Å²) in [5.41, 5.74) is 5.56. The molecule has 4 aromatic rings. The van der Waals surface area contributed by atoms with Crippen LogP contribution in [-0.4, -0.2) is 26.1 Å². The number of fused-ring (bicyclic) bond motifs is 2. The number of aromatic hydroxyl groups is 1. The van der Waals surface area contributed by atoms with Gasteiger partial charge in [0.15, 0.2) is 0 Å². The molecule has 3 heterocycles. The van der Waals surface area contributed by atoms with E-state index in [4.69, 9.17) is 0 Å². The van der Waals surface area contributed by atoms with Crippen LogP contribution < -0.4 is 5.56 Å². The molecule has 0 spiro atoms. The average Bonchev–Trinajstić information content (AvgIpc) is 3.66. The van der Waals surface area contributed by atoms with Crippen LogP contribution in [0.3, 0.4) is 0 Å². The molecule has 0 amide bonds. The number of pyridine rings is 2. The SMILES string of the molecule is O=c1c(-c2cccc3cnccc23)cc2c(n1CC1CC1)CCN(Cc1ccc(O)cc1)C2. The number of rotatable bonds is 5. The molecule has 1 saturated carbocycles. The van der Waals surface area contributed by atoms with Crippen LogP contribution in [0.15, 0.2) is 71.8 Å². The predicted molar refractivity (Wildman–Crippen MR) is 130 cm³/mol. The Hall–Kier alpha value is -3.44. The third-order valence-corrected chi connectivity index (χ3v) is 7.00. The Kier molecular flexibility index (Phi) is 4.99. The van der Waals surface area contributed by atoms with Gasteiger partial charge >= 0.3 is 0 Å². The fourth-order valence-corrected chi connectivity index (χ4v) is 5.07. The van der Waals surface area contributed by atoms with Crippen molar-refractivity contribution in [3.63, 3.8) is 0 Å². The number of phenols is 1.